The van der Waals surface area contributed by atoms with E-state index in [9.17, 15) is 15.0 Å². The Labute approximate surface area is 111 Å². The number of nitrogens with one attached hydrogen (secondary N) is 1. The minimum absolute atomic E-state index is 0.0836. The van der Waals surface area contributed by atoms with Crippen LogP contribution in [-0.2, 0) is 0 Å². The van der Waals surface area contributed by atoms with Gasteiger partial charge in [0.15, 0.2) is 0 Å². The number of hydrogen-bond acceptors (Lipinski definition) is 3. The van der Waals surface area contributed by atoms with Crippen LogP contribution in [0.1, 0.15) is 21.5 Å². The second kappa shape index (κ2) is 5.02. The third kappa shape index (κ3) is 2.52. The Morgan fingerprint density at radius 1 is 0.947 bits per heavy atom. The minimum Gasteiger partial charge on any atom is -0.508 e. The number of hydrogen-bond donors (Lipinski definition) is 3. The molecule has 0 saturated heterocycles. The summed E-state index contributed by atoms with van der Waals surface area (Å²) in [6, 6.07) is 9.73. The molecule has 0 atom stereocenters. The van der Waals surface area contributed by atoms with Gasteiger partial charge in [-0.3, -0.25) is 4.79 Å². The van der Waals surface area contributed by atoms with Gasteiger partial charge in [-0.05, 0) is 38.1 Å². The number of phenolic OH excluding ortho intramolecular Hbond substituents is 2. The molecule has 0 radical (unpaired) electrons. The first kappa shape index (κ1) is 13.0. The molecule has 0 aliphatic rings. The summed E-state index contributed by atoms with van der Waals surface area (Å²) in [5, 5.41) is 21.9. The van der Waals surface area contributed by atoms with Gasteiger partial charge in [-0.15, -0.1) is 0 Å². The molecule has 98 valence electrons. The lowest BCUT2D eigenvalue weighted by Gasteiger charge is -2.11. The monoisotopic (exact) mass is 257 g/mol. The molecule has 0 aromatic heterocycles. The van der Waals surface area contributed by atoms with Crippen LogP contribution in [-0.4, -0.2) is 16.1 Å². The van der Waals surface area contributed by atoms with E-state index < -0.39 is 0 Å². The van der Waals surface area contributed by atoms with Crippen LogP contribution >= 0.6 is 0 Å². The number of amides is 1. The number of phenols is 2. The van der Waals surface area contributed by atoms with Gasteiger partial charge >= 0.3 is 0 Å². The number of aromatic hydroxyl groups is 2. The topological polar surface area (TPSA) is 69.6 Å². The standard InChI is InChI=1S/C15H15NO3/c1-9-11(5-3-7-13(9)17)15(19)16-12-6-4-8-14(18)10(12)2/h3-8,17-18H,1-2H3,(H,16,19). The fourth-order valence-electron chi connectivity index (χ4n) is 1.82. The van der Waals surface area contributed by atoms with Crippen molar-refractivity contribution in [1.29, 1.82) is 0 Å². The molecule has 0 aliphatic heterocycles. The zero-order valence-electron chi connectivity index (χ0n) is 10.8. The Bertz CT molecular complexity index is 635. The second-order valence-electron chi connectivity index (χ2n) is 4.35. The maximum absolute atomic E-state index is 12.1. The van der Waals surface area contributed by atoms with Gasteiger partial charge in [-0.25, -0.2) is 0 Å². The molecule has 4 nitrogen and oxygen atoms in total. The molecule has 4 heteroatoms. The first-order chi connectivity index (χ1) is 9.00. The summed E-state index contributed by atoms with van der Waals surface area (Å²) in [5.41, 5.74) is 2.09. The highest BCUT2D eigenvalue weighted by Crippen LogP contribution is 2.25. The molecule has 0 spiro atoms. The highest BCUT2D eigenvalue weighted by Gasteiger charge is 2.13. The van der Waals surface area contributed by atoms with E-state index >= 15 is 0 Å². The second-order valence-corrected chi connectivity index (χ2v) is 4.35. The van der Waals surface area contributed by atoms with Crippen LogP contribution in [0.15, 0.2) is 36.4 Å². The van der Waals surface area contributed by atoms with Crippen molar-refractivity contribution in [3.8, 4) is 11.5 Å². The maximum Gasteiger partial charge on any atom is 0.256 e. The molecule has 3 N–H and O–H groups in total. The Hall–Kier alpha value is -2.49. The van der Waals surface area contributed by atoms with Crippen molar-refractivity contribution >= 4 is 11.6 Å². The highest BCUT2D eigenvalue weighted by molar-refractivity contribution is 6.06. The SMILES string of the molecule is Cc1c(O)cccc1NC(=O)c1cccc(O)c1C. The average molecular weight is 257 g/mol. The van der Waals surface area contributed by atoms with Gasteiger partial charge in [0.05, 0.1) is 0 Å². The van der Waals surface area contributed by atoms with Gasteiger partial charge in [0.25, 0.3) is 5.91 Å². The van der Waals surface area contributed by atoms with Gasteiger partial charge in [0, 0.05) is 22.4 Å². The lowest BCUT2D eigenvalue weighted by Crippen LogP contribution is -2.14. The van der Waals surface area contributed by atoms with E-state index in [1.165, 1.54) is 6.07 Å². The van der Waals surface area contributed by atoms with Crippen LogP contribution in [0.2, 0.25) is 0 Å². The van der Waals surface area contributed by atoms with Crippen LogP contribution in [0.25, 0.3) is 0 Å². The van der Waals surface area contributed by atoms with Crippen molar-refractivity contribution in [2.75, 3.05) is 5.32 Å². The molecule has 2 rings (SSSR count). The third-order valence-corrected chi connectivity index (χ3v) is 3.10. The van der Waals surface area contributed by atoms with Crippen molar-refractivity contribution in [1.82, 2.24) is 0 Å². The van der Waals surface area contributed by atoms with Crippen LogP contribution in [0.5, 0.6) is 11.5 Å². The summed E-state index contributed by atoms with van der Waals surface area (Å²) in [6.07, 6.45) is 0. The number of carbonyl (C=O) groups is 1. The van der Waals surface area contributed by atoms with Crippen molar-refractivity contribution < 1.29 is 15.0 Å². The fourth-order valence-corrected chi connectivity index (χ4v) is 1.82. The summed E-state index contributed by atoms with van der Waals surface area (Å²) in [4.78, 5) is 12.1. The van der Waals surface area contributed by atoms with Crippen LogP contribution in [0.4, 0.5) is 5.69 Å². The van der Waals surface area contributed by atoms with Crippen molar-refractivity contribution in [2.45, 2.75) is 13.8 Å². The fraction of sp³-hybridized carbons (Fsp3) is 0.133. The molecular weight excluding hydrogens is 242 g/mol. The largest absolute Gasteiger partial charge is 0.508 e. The first-order valence-electron chi connectivity index (χ1n) is 5.89. The minimum atomic E-state index is -0.317. The predicted molar refractivity (Wildman–Crippen MR) is 73.6 cm³/mol. The van der Waals surface area contributed by atoms with Crippen LogP contribution in [0.3, 0.4) is 0 Å². The summed E-state index contributed by atoms with van der Waals surface area (Å²) in [7, 11) is 0. The summed E-state index contributed by atoms with van der Waals surface area (Å²) >= 11 is 0. The predicted octanol–water partition coefficient (Wildman–Crippen LogP) is 2.97. The lowest BCUT2D eigenvalue weighted by molar-refractivity contribution is 0.102. The van der Waals surface area contributed by atoms with Crippen molar-refractivity contribution in [2.24, 2.45) is 0 Å². The van der Waals surface area contributed by atoms with Crippen LogP contribution < -0.4 is 5.32 Å². The molecular formula is C15H15NO3. The molecule has 0 bridgehead atoms. The molecule has 0 heterocycles. The van der Waals surface area contributed by atoms with E-state index in [0.717, 1.165) is 0 Å². The van der Waals surface area contributed by atoms with E-state index in [2.05, 4.69) is 5.32 Å². The molecule has 19 heavy (non-hydrogen) atoms. The zero-order valence-corrected chi connectivity index (χ0v) is 10.8. The van der Waals surface area contributed by atoms with E-state index in [4.69, 9.17) is 0 Å². The van der Waals surface area contributed by atoms with Gasteiger partial charge < -0.3 is 15.5 Å². The Morgan fingerprint density at radius 2 is 1.53 bits per heavy atom. The Kier molecular flexibility index (Phi) is 3.42. The van der Waals surface area contributed by atoms with Gasteiger partial charge in [0.2, 0.25) is 0 Å². The normalized spacial score (nSPS) is 10.2. The first-order valence-corrected chi connectivity index (χ1v) is 5.89. The van der Waals surface area contributed by atoms with E-state index in [-0.39, 0.29) is 17.4 Å². The number of anilines is 1. The number of benzene rings is 2. The Morgan fingerprint density at radius 3 is 2.21 bits per heavy atom. The molecule has 2 aromatic carbocycles. The summed E-state index contributed by atoms with van der Waals surface area (Å²) < 4.78 is 0. The van der Waals surface area contributed by atoms with Gasteiger partial charge in [-0.2, -0.15) is 0 Å². The van der Waals surface area contributed by atoms with Crippen LogP contribution in [0, 0.1) is 13.8 Å². The van der Waals surface area contributed by atoms with E-state index in [0.29, 0.717) is 22.4 Å². The zero-order chi connectivity index (χ0) is 14.0. The van der Waals surface area contributed by atoms with Gasteiger partial charge in [-0.1, -0.05) is 12.1 Å². The molecule has 1 amide bonds. The van der Waals surface area contributed by atoms with Gasteiger partial charge in [0.1, 0.15) is 11.5 Å². The Balaban J connectivity index is 2.31. The molecule has 0 fully saturated rings. The van der Waals surface area contributed by atoms with Crippen molar-refractivity contribution in [3.05, 3.63) is 53.1 Å². The summed E-state index contributed by atoms with van der Waals surface area (Å²) in [6.45, 7) is 3.40. The number of rotatable bonds is 2. The third-order valence-electron chi connectivity index (χ3n) is 3.10. The van der Waals surface area contributed by atoms with E-state index in [1.54, 1.807) is 44.2 Å². The smallest absolute Gasteiger partial charge is 0.256 e. The highest BCUT2D eigenvalue weighted by atomic mass is 16.3. The molecule has 0 saturated carbocycles. The quantitative estimate of drug-likeness (QED) is 0.774. The molecule has 2 aromatic rings. The maximum atomic E-state index is 12.1. The van der Waals surface area contributed by atoms with E-state index in [1.807, 2.05) is 0 Å². The van der Waals surface area contributed by atoms with Crippen molar-refractivity contribution in [3.63, 3.8) is 0 Å². The molecule has 0 unspecified atom stereocenters. The average Bonchev–Trinajstić information content (AvgIpc) is 2.38. The number of carbonyl (C=O) groups excluding carboxylic acids is 1. The lowest BCUT2D eigenvalue weighted by atomic mass is 10.1. The summed E-state index contributed by atoms with van der Waals surface area (Å²) in [5.74, 6) is -0.104. The molecule has 0 aliphatic carbocycles.